The van der Waals surface area contributed by atoms with Crippen molar-refractivity contribution in [2.75, 3.05) is 5.32 Å². The highest BCUT2D eigenvalue weighted by Crippen LogP contribution is 2.20. The molecule has 0 saturated heterocycles. The van der Waals surface area contributed by atoms with Crippen LogP contribution in [0.3, 0.4) is 0 Å². The van der Waals surface area contributed by atoms with E-state index in [1.807, 2.05) is 6.92 Å². The van der Waals surface area contributed by atoms with Crippen LogP contribution in [-0.2, 0) is 0 Å². The van der Waals surface area contributed by atoms with E-state index in [4.69, 9.17) is 18.0 Å². The van der Waals surface area contributed by atoms with Crippen LogP contribution in [0.1, 0.15) is 13.3 Å². The van der Waals surface area contributed by atoms with Crippen molar-refractivity contribution in [2.24, 2.45) is 0 Å². The number of rotatable bonds is 3. The maximum atomic E-state index is 11.5. The van der Waals surface area contributed by atoms with Crippen molar-refractivity contribution >= 4 is 23.3 Å². The van der Waals surface area contributed by atoms with E-state index >= 15 is 0 Å². The summed E-state index contributed by atoms with van der Waals surface area (Å²) in [5.41, 5.74) is 0.563. The van der Waals surface area contributed by atoms with Crippen molar-refractivity contribution in [3.8, 4) is 12.3 Å². The van der Waals surface area contributed by atoms with E-state index in [0.717, 1.165) is 0 Å². The topological polar surface area (TPSA) is 41.1 Å². The first-order chi connectivity index (χ1) is 7.67. The van der Waals surface area contributed by atoms with Gasteiger partial charge in [-0.2, -0.15) is 0 Å². The number of nitrogens with one attached hydrogen (secondary N) is 2. The number of benzene rings is 1. The highest BCUT2D eigenvalue weighted by molar-refractivity contribution is 6.33. The van der Waals surface area contributed by atoms with Crippen LogP contribution in [0.2, 0.25) is 5.02 Å². The molecule has 0 radical (unpaired) electrons. The zero-order chi connectivity index (χ0) is 12.0. The molecule has 0 aromatic heterocycles. The molecule has 0 heterocycles. The Balaban J connectivity index is 2.59. The summed E-state index contributed by atoms with van der Waals surface area (Å²) in [5, 5.41) is 5.77. The molecule has 2 amide bonds. The van der Waals surface area contributed by atoms with Crippen LogP contribution >= 0.6 is 11.6 Å². The fourth-order valence-electron chi connectivity index (χ4n) is 1.14. The van der Waals surface area contributed by atoms with Crippen molar-refractivity contribution < 1.29 is 4.79 Å². The molecule has 0 bridgehead atoms. The highest BCUT2D eigenvalue weighted by Gasteiger charge is 2.08. The molecule has 1 aromatic rings. The number of hydrogen-bond acceptors (Lipinski definition) is 1. The summed E-state index contributed by atoms with van der Waals surface area (Å²) in [4.78, 5) is 11.5. The Morgan fingerprint density at radius 3 is 2.81 bits per heavy atom. The van der Waals surface area contributed by atoms with Gasteiger partial charge in [-0.05, 0) is 18.6 Å². The lowest BCUT2D eigenvalue weighted by Crippen LogP contribution is -2.36. The molecule has 4 heteroatoms. The van der Waals surface area contributed by atoms with Crippen LogP contribution in [-0.4, -0.2) is 12.1 Å². The lowest BCUT2D eigenvalue weighted by molar-refractivity contribution is 0.250. The minimum atomic E-state index is -0.349. The minimum absolute atomic E-state index is 0.262. The Labute approximate surface area is 100 Å². The number of anilines is 1. The maximum Gasteiger partial charge on any atom is 0.320 e. The SMILES string of the molecule is C#CC(CC)NC(=O)Nc1ccccc1Cl. The second-order valence-corrected chi connectivity index (χ2v) is 3.61. The molecule has 3 nitrogen and oxygen atoms in total. The van der Waals surface area contributed by atoms with Gasteiger partial charge < -0.3 is 10.6 Å². The van der Waals surface area contributed by atoms with Crippen LogP contribution in [0.15, 0.2) is 24.3 Å². The van der Waals surface area contributed by atoms with Gasteiger partial charge in [-0.15, -0.1) is 6.42 Å². The van der Waals surface area contributed by atoms with Crippen LogP contribution in [0.25, 0.3) is 0 Å². The van der Waals surface area contributed by atoms with Gasteiger partial charge in [-0.25, -0.2) is 4.79 Å². The summed E-state index contributed by atoms with van der Waals surface area (Å²) < 4.78 is 0. The zero-order valence-electron chi connectivity index (χ0n) is 8.96. The van der Waals surface area contributed by atoms with Gasteiger partial charge >= 0.3 is 6.03 Å². The van der Waals surface area contributed by atoms with Gasteiger partial charge in [-0.3, -0.25) is 0 Å². The van der Waals surface area contributed by atoms with E-state index < -0.39 is 0 Å². The number of para-hydroxylation sites is 1. The third-order valence-corrected chi connectivity index (χ3v) is 2.37. The van der Waals surface area contributed by atoms with Gasteiger partial charge in [0.15, 0.2) is 0 Å². The number of amides is 2. The summed E-state index contributed by atoms with van der Waals surface area (Å²) in [5.74, 6) is 2.48. The number of carbonyl (C=O) groups excluding carboxylic acids is 1. The van der Waals surface area contributed by atoms with Gasteiger partial charge in [0, 0.05) is 0 Å². The second kappa shape index (κ2) is 6.04. The van der Waals surface area contributed by atoms with Crippen LogP contribution in [0, 0.1) is 12.3 Å². The number of carbonyl (C=O) groups is 1. The first kappa shape index (κ1) is 12.4. The molecule has 84 valence electrons. The Hall–Kier alpha value is -1.66. The lowest BCUT2D eigenvalue weighted by atomic mass is 10.2. The van der Waals surface area contributed by atoms with E-state index in [0.29, 0.717) is 17.1 Å². The van der Waals surface area contributed by atoms with Gasteiger partial charge in [0.1, 0.15) is 0 Å². The maximum absolute atomic E-state index is 11.5. The molecule has 1 unspecified atom stereocenters. The first-order valence-corrected chi connectivity index (χ1v) is 5.33. The number of halogens is 1. The summed E-state index contributed by atoms with van der Waals surface area (Å²) in [6.07, 6.45) is 5.92. The number of urea groups is 1. The third kappa shape index (κ3) is 3.48. The molecule has 0 aliphatic heterocycles. The zero-order valence-corrected chi connectivity index (χ0v) is 9.71. The average Bonchev–Trinajstić information content (AvgIpc) is 2.29. The summed E-state index contributed by atoms with van der Waals surface area (Å²) >= 11 is 5.89. The van der Waals surface area contributed by atoms with Crippen molar-refractivity contribution in [3.05, 3.63) is 29.3 Å². The average molecular weight is 237 g/mol. The Kier molecular flexibility index (Phi) is 4.68. The van der Waals surface area contributed by atoms with E-state index in [9.17, 15) is 4.79 Å². The molecule has 1 atom stereocenters. The standard InChI is InChI=1S/C12H13ClN2O/c1-3-9(4-2)14-12(16)15-11-8-6-5-7-10(11)13/h1,5-9H,4H2,2H3,(H2,14,15,16). The highest BCUT2D eigenvalue weighted by atomic mass is 35.5. The molecule has 16 heavy (non-hydrogen) atoms. The monoisotopic (exact) mass is 236 g/mol. The number of hydrogen-bond donors (Lipinski definition) is 2. The fraction of sp³-hybridized carbons (Fsp3) is 0.250. The Morgan fingerprint density at radius 2 is 2.25 bits per heavy atom. The Bertz CT molecular complexity index is 412. The lowest BCUT2D eigenvalue weighted by Gasteiger charge is -2.12. The molecular formula is C12H13ClN2O. The van der Waals surface area contributed by atoms with Crippen molar-refractivity contribution in [2.45, 2.75) is 19.4 Å². The molecule has 0 fully saturated rings. The summed E-state index contributed by atoms with van der Waals surface area (Å²) in [6.45, 7) is 1.90. The van der Waals surface area contributed by atoms with Crippen LogP contribution in [0.5, 0.6) is 0 Å². The van der Waals surface area contributed by atoms with Gasteiger partial charge in [0.2, 0.25) is 0 Å². The van der Waals surface area contributed by atoms with Crippen LogP contribution < -0.4 is 10.6 Å². The van der Waals surface area contributed by atoms with E-state index in [2.05, 4.69) is 16.6 Å². The van der Waals surface area contributed by atoms with Gasteiger partial charge in [-0.1, -0.05) is 36.6 Å². The molecule has 0 saturated carbocycles. The van der Waals surface area contributed by atoms with E-state index in [-0.39, 0.29) is 12.1 Å². The normalized spacial score (nSPS) is 11.3. The molecule has 0 spiro atoms. The Morgan fingerprint density at radius 1 is 1.56 bits per heavy atom. The number of terminal acetylenes is 1. The molecule has 1 aromatic carbocycles. The largest absolute Gasteiger partial charge is 0.324 e. The van der Waals surface area contributed by atoms with Crippen molar-refractivity contribution in [1.29, 1.82) is 0 Å². The molecule has 1 rings (SSSR count). The predicted molar refractivity (Wildman–Crippen MR) is 66.5 cm³/mol. The minimum Gasteiger partial charge on any atom is -0.324 e. The first-order valence-electron chi connectivity index (χ1n) is 4.95. The van der Waals surface area contributed by atoms with Gasteiger partial charge in [0.25, 0.3) is 0 Å². The van der Waals surface area contributed by atoms with E-state index in [1.54, 1.807) is 24.3 Å². The molecule has 0 aliphatic rings. The van der Waals surface area contributed by atoms with E-state index in [1.165, 1.54) is 0 Å². The quantitative estimate of drug-likeness (QED) is 0.779. The summed E-state index contributed by atoms with van der Waals surface area (Å²) in [6, 6.07) is 6.40. The third-order valence-electron chi connectivity index (χ3n) is 2.04. The summed E-state index contributed by atoms with van der Waals surface area (Å²) in [7, 11) is 0. The molecular weight excluding hydrogens is 224 g/mol. The fourth-order valence-corrected chi connectivity index (χ4v) is 1.32. The predicted octanol–water partition coefficient (Wildman–Crippen LogP) is 2.87. The smallest absolute Gasteiger partial charge is 0.320 e. The molecule has 2 N–H and O–H groups in total. The van der Waals surface area contributed by atoms with Gasteiger partial charge in [0.05, 0.1) is 16.8 Å². The van der Waals surface area contributed by atoms with Crippen molar-refractivity contribution in [3.63, 3.8) is 0 Å². The van der Waals surface area contributed by atoms with Crippen molar-refractivity contribution in [1.82, 2.24) is 5.32 Å². The second-order valence-electron chi connectivity index (χ2n) is 3.21. The van der Waals surface area contributed by atoms with Crippen LogP contribution in [0.4, 0.5) is 10.5 Å². The molecule has 0 aliphatic carbocycles.